The number of fused-ring (bicyclic) bond motifs is 3. The van der Waals surface area contributed by atoms with Crippen molar-refractivity contribution in [3.05, 3.63) is 53.3 Å². The van der Waals surface area contributed by atoms with Crippen LogP contribution in [-0.4, -0.2) is 4.98 Å². The monoisotopic (exact) mass is 181 g/mol. The van der Waals surface area contributed by atoms with Crippen molar-refractivity contribution in [3.8, 4) is 11.1 Å². The number of nitrogens with zero attached hydrogens (tertiary/aromatic N) is 1. The summed E-state index contributed by atoms with van der Waals surface area (Å²) in [4.78, 5) is 4.16. The van der Waals surface area contributed by atoms with Crippen molar-refractivity contribution in [1.29, 1.82) is 0 Å². The molecule has 1 aromatic heterocycles. The van der Waals surface area contributed by atoms with Crippen LogP contribution in [0.15, 0.2) is 36.7 Å². The molecule has 1 aliphatic carbocycles. The average Bonchev–Trinajstić information content (AvgIpc) is 2.54. The van der Waals surface area contributed by atoms with E-state index in [9.17, 15) is 0 Å². The topological polar surface area (TPSA) is 12.9 Å². The molecule has 0 bridgehead atoms. The van der Waals surface area contributed by atoms with Gasteiger partial charge in [-0.25, -0.2) is 0 Å². The highest BCUT2D eigenvalue weighted by atomic mass is 14.6. The molecule has 1 heterocycles. The smallest absolute Gasteiger partial charge is 0.0309 e. The molecule has 1 nitrogen and oxygen atoms in total. The van der Waals surface area contributed by atoms with Crippen molar-refractivity contribution in [2.75, 3.05) is 0 Å². The predicted octanol–water partition coefficient (Wildman–Crippen LogP) is 2.96. The SMILES string of the molecule is Cc1ccc2c(c1)Cc1cnccc1-2. The molecule has 0 radical (unpaired) electrons. The van der Waals surface area contributed by atoms with Crippen molar-refractivity contribution in [2.24, 2.45) is 0 Å². The molecule has 0 amide bonds. The molecule has 2 aromatic rings. The Bertz CT molecular complexity index is 500. The molecule has 68 valence electrons. The van der Waals surface area contributed by atoms with Crippen molar-refractivity contribution in [2.45, 2.75) is 13.3 Å². The molecule has 1 aromatic carbocycles. The van der Waals surface area contributed by atoms with Crippen molar-refractivity contribution in [1.82, 2.24) is 4.98 Å². The highest BCUT2D eigenvalue weighted by molar-refractivity contribution is 5.76. The third-order valence-corrected chi connectivity index (χ3v) is 2.84. The third-order valence-electron chi connectivity index (χ3n) is 2.84. The van der Waals surface area contributed by atoms with Crippen LogP contribution >= 0.6 is 0 Å². The summed E-state index contributed by atoms with van der Waals surface area (Å²) in [6, 6.07) is 8.77. The first-order valence-electron chi connectivity index (χ1n) is 4.87. The number of aromatic nitrogens is 1. The van der Waals surface area contributed by atoms with E-state index in [2.05, 4.69) is 36.2 Å². The molecule has 1 heteroatoms. The van der Waals surface area contributed by atoms with E-state index in [1.165, 1.54) is 27.8 Å². The minimum Gasteiger partial charge on any atom is -0.264 e. The number of hydrogen-bond acceptors (Lipinski definition) is 1. The van der Waals surface area contributed by atoms with E-state index >= 15 is 0 Å². The van der Waals surface area contributed by atoms with Gasteiger partial charge in [-0.2, -0.15) is 0 Å². The van der Waals surface area contributed by atoms with Gasteiger partial charge in [0.2, 0.25) is 0 Å². The van der Waals surface area contributed by atoms with E-state index in [1.54, 1.807) is 0 Å². The molecule has 1 aliphatic rings. The molecule has 0 N–H and O–H groups in total. The first-order chi connectivity index (χ1) is 6.84. The third kappa shape index (κ3) is 0.987. The second-order valence-electron chi connectivity index (χ2n) is 3.87. The molecule has 0 saturated carbocycles. The van der Waals surface area contributed by atoms with Gasteiger partial charge < -0.3 is 0 Å². The molecule has 3 rings (SSSR count). The summed E-state index contributed by atoms with van der Waals surface area (Å²) >= 11 is 0. The van der Waals surface area contributed by atoms with Crippen LogP contribution in [-0.2, 0) is 6.42 Å². The summed E-state index contributed by atoms with van der Waals surface area (Å²) < 4.78 is 0. The fourth-order valence-corrected chi connectivity index (χ4v) is 2.17. The second kappa shape index (κ2) is 2.68. The fourth-order valence-electron chi connectivity index (χ4n) is 2.17. The average molecular weight is 181 g/mol. The van der Waals surface area contributed by atoms with E-state index in [-0.39, 0.29) is 0 Å². The lowest BCUT2D eigenvalue weighted by molar-refractivity contribution is 1.20. The van der Waals surface area contributed by atoms with Crippen molar-refractivity contribution >= 4 is 0 Å². The lowest BCUT2D eigenvalue weighted by atomic mass is 10.0. The zero-order valence-electron chi connectivity index (χ0n) is 8.12. The van der Waals surface area contributed by atoms with Crippen LogP contribution in [0, 0.1) is 6.92 Å². The van der Waals surface area contributed by atoms with Crippen LogP contribution in [0.5, 0.6) is 0 Å². The lowest BCUT2D eigenvalue weighted by Gasteiger charge is -2.00. The molecule has 0 saturated heterocycles. The van der Waals surface area contributed by atoms with Crippen LogP contribution in [0.3, 0.4) is 0 Å². The minimum atomic E-state index is 1.04. The van der Waals surface area contributed by atoms with Crippen LogP contribution in [0.25, 0.3) is 11.1 Å². The Morgan fingerprint density at radius 3 is 2.86 bits per heavy atom. The molecular formula is C13H11N. The van der Waals surface area contributed by atoms with Gasteiger partial charge in [-0.15, -0.1) is 0 Å². The minimum absolute atomic E-state index is 1.04. The maximum atomic E-state index is 4.16. The quantitative estimate of drug-likeness (QED) is 0.519. The zero-order valence-corrected chi connectivity index (χ0v) is 8.12. The number of rotatable bonds is 0. The number of pyridine rings is 1. The fraction of sp³-hybridized carbons (Fsp3) is 0.154. The van der Waals surface area contributed by atoms with Crippen LogP contribution < -0.4 is 0 Å². The van der Waals surface area contributed by atoms with Gasteiger partial charge in [0.05, 0.1) is 0 Å². The molecule has 0 fully saturated rings. The molecule has 0 spiro atoms. The number of aryl methyl sites for hydroxylation is 1. The summed E-state index contributed by atoms with van der Waals surface area (Å²) in [5.74, 6) is 0. The van der Waals surface area contributed by atoms with Crippen LogP contribution in [0.1, 0.15) is 16.7 Å². The van der Waals surface area contributed by atoms with E-state index in [0.717, 1.165) is 6.42 Å². The first-order valence-corrected chi connectivity index (χ1v) is 4.87. The Balaban J connectivity index is 2.27. The highest BCUT2D eigenvalue weighted by Gasteiger charge is 2.17. The normalized spacial score (nSPS) is 12.4. The largest absolute Gasteiger partial charge is 0.264 e. The Hall–Kier alpha value is -1.63. The number of benzene rings is 1. The van der Waals surface area contributed by atoms with Crippen molar-refractivity contribution in [3.63, 3.8) is 0 Å². The molecule has 0 unspecified atom stereocenters. The molecule has 0 atom stereocenters. The van der Waals surface area contributed by atoms with E-state index in [4.69, 9.17) is 0 Å². The van der Waals surface area contributed by atoms with Gasteiger partial charge in [0.1, 0.15) is 0 Å². The summed E-state index contributed by atoms with van der Waals surface area (Å²) in [6.45, 7) is 2.14. The first kappa shape index (κ1) is 7.74. The Morgan fingerprint density at radius 1 is 1.07 bits per heavy atom. The van der Waals surface area contributed by atoms with Gasteiger partial charge in [-0.05, 0) is 35.2 Å². The molecule has 14 heavy (non-hydrogen) atoms. The van der Waals surface area contributed by atoms with Crippen molar-refractivity contribution < 1.29 is 0 Å². The highest BCUT2D eigenvalue weighted by Crippen LogP contribution is 2.35. The summed E-state index contributed by atoms with van der Waals surface area (Å²) in [7, 11) is 0. The summed E-state index contributed by atoms with van der Waals surface area (Å²) in [5.41, 5.74) is 6.87. The maximum Gasteiger partial charge on any atom is 0.0309 e. The summed E-state index contributed by atoms with van der Waals surface area (Å²) in [6.07, 6.45) is 4.89. The van der Waals surface area contributed by atoms with Gasteiger partial charge >= 0.3 is 0 Å². The van der Waals surface area contributed by atoms with E-state index < -0.39 is 0 Å². The Kier molecular flexibility index (Phi) is 1.48. The van der Waals surface area contributed by atoms with Gasteiger partial charge in [-0.1, -0.05) is 23.8 Å². The van der Waals surface area contributed by atoms with Gasteiger partial charge in [0, 0.05) is 18.8 Å². The van der Waals surface area contributed by atoms with E-state index in [1.807, 2.05) is 12.4 Å². The standard InChI is InChI=1S/C13H11N/c1-9-2-3-12-10(6-9)7-11-8-14-5-4-13(11)12/h2-6,8H,7H2,1H3. The second-order valence-corrected chi connectivity index (χ2v) is 3.87. The van der Waals surface area contributed by atoms with Gasteiger partial charge in [0.15, 0.2) is 0 Å². The lowest BCUT2D eigenvalue weighted by Crippen LogP contribution is -1.81. The summed E-state index contributed by atoms with van der Waals surface area (Å²) in [5, 5.41) is 0. The van der Waals surface area contributed by atoms with E-state index in [0.29, 0.717) is 0 Å². The Morgan fingerprint density at radius 2 is 1.93 bits per heavy atom. The molecular weight excluding hydrogens is 170 g/mol. The predicted molar refractivity (Wildman–Crippen MR) is 57.2 cm³/mol. The maximum absolute atomic E-state index is 4.16. The van der Waals surface area contributed by atoms with Crippen LogP contribution in [0.2, 0.25) is 0 Å². The molecule has 0 aliphatic heterocycles. The van der Waals surface area contributed by atoms with Gasteiger partial charge in [-0.3, -0.25) is 4.98 Å². The van der Waals surface area contributed by atoms with Crippen LogP contribution in [0.4, 0.5) is 0 Å². The Labute approximate surface area is 83.4 Å². The number of hydrogen-bond donors (Lipinski definition) is 0. The zero-order chi connectivity index (χ0) is 9.54. The van der Waals surface area contributed by atoms with Gasteiger partial charge in [0.25, 0.3) is 0 Å².